The second kappa shape index (κ2) is 12.8. The van der Waals surface area contributed by atoms with Crippen LogP contribution in [0.25, 0.3) is 82.7 Å². The summed E-state index contributed by atoms with van der Waals surface area (Å²) in [6.45, 7) is 2.26. The zero-order valence-electron chi connectivity index (χ0n) is 30.8. The topological polar surface area (TPSA) is 43.0 Å². The van der Waals surface area contributed by atoms with Gasteiger partial charge in [0.05, 0.1) is 5.52 Å². The van der Waals surface area contributed by atoms with E-state index in [1.807, 2.05) is 18.2 Å². The van der Waals surface area contributed by atoms with Crippen molar-refractivity contribution in [1.82, 2.24) is 9.55 Å². The van der Waals surface area contributed by atoms with Crippen molar-refractivity contribution in [3.8, 4) is 28.3 Å². The third-order valence-corrected chi connectivity index (χ3v) is 11.6. The summed E-state index contributed by atoms with van der Waals surface area (Å²) in [7, 11) is 0.768. The molecule has 10 aromatic rings. The van der Waals surface area contributed by atoms with Crippen molar-refractivity contribution in [1.29, 1.82) is 0 Å². The van der Waals surface area contributed by atoms with E-state index in [9.17, 15) is 0 Å². The van der Waals surface area contributed by atoms with Crippen LogP contribution in [0.15, 0.2) is 156 Å². The molecule has 0 aliphatic carbocycles. The Kier molecular flexibility index (Phi) is 7.41. The lowest BCUT2D eigenvalue weighted by atomic mass is 9.58. The Hall–Kier alpha value is -6.59. The van der Waals surface area contributed by atoms with Gasteiger partial charge in [-0.3, -0.25) is 0 Å². The van der Waals surface area contributed by atoms with Crippen LogP contribution in [-0.4, -0.2) is 16.8 Å². The lowest BCUT2D eigenvalue weighted by Gasteiger charge is -2.25. The second-order valence-electron chi connectivity index (χ2n) is 15.0. The van der Waals surface area contributed by atoms with Crippen molar-refractivity contribution in [3.05, 3.63) is 157 Å². The number of nitrogens with one attached hydrogen (secondary N) is 1. The maximum atomic E-state index is 6.50. The lowest BCUT2D eigenvalue weighted by Crippen LogP contribution is -2.37. The summed E-state index contributed by atoms with van der Waals surface area (Å²) in [5.41, 5.74) is 14.9. The summed E-state index contributed by atoms with van der Waals surface area (Å²) in [5, 5.41) is 11.5. The Morgan fingerprint density at radius 2 is 1.45 bits per heavy atom. The first-order valence-corrected chi connectivity index (χ1v) is 19.6. The average molecular weight is 708 g/mol. The first kappa shape index (κ1) is 31.9. The Balaban J connectivity index is 1.18. The third kappa shape index (κ3) is 5.10. The van der Waals surface area contributed by atoms with E-state index in [1.165, 1.54) is 90.2 Å². The quantitative estimate of drug-likeness (QED) is 0.126. The molecule has 0 fully saturated rings. The first-order chi connectivity index (χ1) is 27.2. The number of anilines is 2. The SMILES string of the molecule is CCCCCc1ccc(Nc2ccccc2-c2c3c4c(c5ccccc25)c2c5ccccc5ccc2n4-c2cc4oc(-c5ccccc5)nc4cc2B3)cc1. The molecule has 4 nitrogen and oxygen atoms in total. The van der Waals surface area contributed by atoms with Crippen LogP contribution >= 0.6 is 0 Å². The van der Waals surface area contributed by atoms with Crippen LogP contribution in [0.4, 0.5) is 11.4 Å². The van der Waals surface area contributed by atoms with Crippen LogP contribution in [0.2, 0.25) is 0 Å². The Morgan fingerprint density at radius 1 is 0.691 bits per heavy atom. The van der Waals surface area contributed by atoms with E-state index < -0.39 is 0 Å². The minimum Gasteiger partial charge on any atom is -0.436 e. The van der Waals surface area contributed by atoms with Gasteiger partial charge >= 0.3 is 0 Å². The van der Waals surface area contributed by atoms with Crippen molar-refractivity contribution in [2.24, 2.45) is 0 Å². The molecule has 8 aromatic carbocycles. The van der Waals surface area contributed by atoms with Crippen molar-refractivity contribution in [2.75, 3.05) is 5.32 Å². The maximum absolute atomic E-state index is 6.50. The molecule has 1 N–H and O–H groups in total. The van der Waals surface area contributed by atoms with E-state index in [0.29, 0.717) is 5.89 Å². The highest BCUT2D eigenvalue weighted by molar-refractivity contribution is 6.74. The van der Waals surface area contributed by atoms with E-state index in [4.69, 9.17) is 9.40 Å². The van der Waals surface area contributed by atoms with Gasteiger partial charge in [0.15, 0.2) is 12.9 Å². The van der Waals surface area contributed by atoms with E-state index in [-0.39, 0.29) is 0 Å². The molecule has 3 heterocycles. The molecular formula is C50H38BN3O. The van der Waals surface area contributed by atoms with Gasteiger partial charge in [-0.05, 0) is 93.4 Å². The molecule has 0 atom stereocenters. The standard InChI is InChI=1S/C50H38BN3O/c1-2-3-5-14-31-23-26-34(27-24-31)52-40-22-13-12-21-38(40)45-36-19-10-11-20-37(36)47-46-35-18-9-8-15-32(35)25-28-42(46)54-43-30-44-41(29-39(43)51-48(45)49(47)54)53-50(55-44)33-16-6-4-7-17-33/h4,6-13,15-30,51-52H,2-3,5,14H2,1H3. The number of unbranched alkanes of at least 4 members (excludes halogenated alkanes) is 2. The molecule has 0 bridgehead atoms. The predicted octanol–water partition coefficient (Wildman–Crippen LogP) is 11.7. The minimum atomic E-state index is 0.643. The number of benzene rings is 8. The van der Waals surface area contributed by atoms with E-state index in [2.05, 4.69) is 150 Å². The van der Waals surface area contributed by atoms with Crippen LogP contribution in [-0.2, 0) is 6.42 Å². The third-order valence-electron chi connectivity index (χ3n) is 11.6. The number of nitrogens with zero attached hydrogens (tertiary/aromatic N) is 2. The fourth-order valence-electron chi connectivity index (χ4n) is 9.09. The van der Waals surface area contributed by atoms with Gasteiger partial charge in [0.1, 0.15) is 5.52 Å². The zero-order valence-corrected chi connectivity index (χ0v) is 30.8. The molecule has 0 saturated heterocycles. The number of rotatable bonds is 8. The smallest absolute Gasteiger partial charge is 0.227 e. The maximum Gasteiger partial charge on any atom is 0.227 e. The summed E-state index contributed by atoms with van der Waals surface area (Å²) < 4.78 is 9.01. The van der Waals surface area contributed by atoms with Gasteiger partial charge in [-0.2, -0.15) is 0 Å². The number of para-hydroxylation sites is 1. The monoisotopic (exact) mass is 707 g/mol. The Labute approximate surface area is 320 Å². The summed E-state index contributed by atoms with van der Waals surface area (Å²) in [4.78, 5) is 5.02. The van der Waals surface area contributed by atoms with Crippen molar-refractivity contribution in [3.63, 3.8) is 0 Å². The number of fused-ring (bicyclic) bond motifs is 10. The Bertz CT molecular complexity index is 3100. The van der Waals surface area contributed by atoms with Crippen molar-refractivity contribution in [2.45, 2.75) is 32.6 Å². The summed E-state index contributed by atoms with van der Waals surface area (Å²) in [6, 6.07) is 54.9. The molecule has 0 saturated carbocycles. The molecule has 2 aromatic heterocycles. The zero-order chi connectivity index (χ0) is 36.5. The highest BCUT2D eigenvalue weighted by Gasteiger charge is 2.30. The molecular weight excluding hydrogens is 669 g/mol. The van der Waals surface area contributed by atoms with Crippen LogP contribution in [0.5, 0.6) is 0 Å². The number of aryl methyl sites for hydroxylation is 1. The van der Waals surface area contributed by atoms with Crippen LogP contribution in [0.3, 0.4) is 0 Å². The van der Waals surface area contributed by atoms with Crippen molar-refractivity contribution < 1.29 is 4.42 Å². The molecule has 0 radical (unpaired) electrons. The summed E-state index contributed by atoms with van der Waals surface area (Å²) >= 11 is 0. The number of hydrogen-bond acceptors (Lipinski definition) is 3. The van der Waals surface area contributed by atoms with E-state index in [0.717, 1.165) is 47.4 Å². The highest BCUT2D eigenvalue weighted by atomic mass is 16.3. The number of hydrogen-bond donors (Lipinski definition) is 1. The first-order valence-electron chi connectivity index (χ1n) is 19.6. The van der Waals surface area contributed by atoms with Gasteiger partial charge in [-0.25, -0.2) is 4.98 Å². The van der Waals surface area contributed by atoms with Gasteiger partial charge < -0.3 is 14.3 Å². The minimum absolute atomic E-state index is 0.643. The largest absolute Gasteiger partial charge is 0.436 e. The highest BCUT2D eigenvalue weighted by Crippen LogP contribution is 2.45. The average Bonchev–Trinajstić information content (AvgIpc) is 3.82. The molecule has 0 unspecified atom stereocenters. The lowest BCUT2D eigenvalue weighted by molar-refractivity contribution is 0.619. The predicted molar refractivity (Wildman–Crippen MR) is 234 cm³/mol. The van der Waals surface area contributed by atoms with Gasteiger partial charge in [-0.15, -0.1) is 0 Å². The molecule has 5 heteroatoms. The molecule has 11 rings (SSSR count). The second-order valence-corrected chi connectivity index (χ2v) is 15.0. The molecule has 1 aliphatic heterocycles. The molecule has 0 amide bonds. The summed E-state index contributed by atoms with van der Waals surface area (Å²) in [5.74, 6) is 0.643. The van der Waals surface area contributed by atoms with E-state index in [1.54, 1.807) is 0 Å². The molecule has 262 valence electrons. The van der Waals surface area contributed by atoms with Crippen LogP contribution < -0.4 is 16.2 Å². The number of aromatic nitrogens is 2. The fraction of sp³-hybridized carbons (Fsp3) is 0.100. The van der Waals surface area contributed by atoms with Gasteiger partial charge in [0.25, 0.3) is 0 Å². The summed E-state index contributed by atoms with van der Waals surface area (Å²) in [6.07, 6.45) is 4.86. The van der Waals surface area contributed by atoms with E-state index >= 15 is 0 Å². The fourth-order valence-corrected chi connectivity index (χ4v) is 9.09. The molecule has 1 aliphatic rings. The van der Waals surface area contributed by atoms with Crippen LogP contribution in [0.1, 0.15) is 31.7 Å². The normalized spacial score (nSPS) is 12.2. The molecule has 0 spiro atoms. The Morgan fingerprint density at radius 3 is 2.31 bits per heavy atom. The van der Waals surface area contributed by atoms with Gasteiger partial charge in [-0.1, -0.05) is 128 Å². The molecule has 55 heavy (non-hydrogen) atoms. The van der Waals surface area contributed by atoms with Crippen LogP contribution in [0, 0.1) is 0 Å². The van der Waals surface area contributed by atoms with Crippen molar-refractivity contribution >= 4 is 84.0 Å². The van der Waals surface area contributed by atoms with Gasteiger partial charge in [0.2, 0.25) is 5.89 Å². The van der Waals surface area contributed by atoms with Gasteiger partial charge in [0, 0.05) is 50.5 Å². The number of oxazole rings is 1.